The first-order valence-electron chi connectivity index (χ1n) is 11.5. The molecule has 0 spiro atoms. The lowest BCUT2D eigenvalue weighted by Gasteiger charge is -2.10. The Balaban J connectivity index is 1.75. The molecule has 37 heavy (non-hydrogen) atoms. The summed E-state index contributed by atoms with van der Waals surface area (Å²) in [5, 5.41) is 12.0. The Morgan fingerprint density at radius 3 is 2.41 bits per heavy atom. The molecule has 1 aliphatic heterocycles. The van der Waals surface area contributed by atoms with Gasteiger partial charge in [-0.25, -0.2) is 9.79 Å². The van der Waals surface area contributed by atoms with Crippen molar-refractivity contribution in [3.8, 4) is 5.69 Å². The smallest absolute Gasteiger partial charge is 0.344 e. The first-order valence-corrected chi connectivity index (χ1v) is 13.0. The normalized spacial score (nSPS) is 15.6. The van der Waals surface area contributed by atoms with Gasteiger partial charge in [-0.1, -0.05) is 52.7 Å². The monoisotopic (exact) mass is 554 g/mol. The van der Waals surface area contributed by atoms with Gasteiger partial charge in [0.05, 0.1) is 21.6 Å². The van der Waals surface area contributed by atoms with Crippen LogP contribution in [-0.2, 0) is 9.53 Å². The van der Waals surface area contributed by atoms with E-state index in [9.17, 15) is 14.7 Å². The van der Waals surface area contributed by atoms with Crippen molar-refractivity contribution in [2.24, 2.45) is 4.99 Å². The summed E-state index contributed by atoms with van der Waals surface area (Å²) < 4.78 is 7.15. The van der Waals surface area contributed by atoms with Crippen molar-refractivity contribution in [1.29, 1.82) is 0 Å². The fraction of sp³-hybridized carbons (Fsp3) is 0.179. The van der Waals surface area contributed by atoms with Crippen molar-refractivity contribution in [3.05, 3.63) is 103 Å². The predicted octanol–water partition coefficient (Wildman–Crippen LogP) is 7.41. The van der Waals surface area contributed by atoms with Gasteiger partial charge in [-0.2, -0.15) is 0 Å². The fourth-order valence-corrected chi connectivity index (χ4v) is 5.24. The van der Waals surface area contributed by atoms with Gasteiger partial charge in [0.25, 0.3) is 5.91 Å². The van der Waals surface area contributed by atoms with Crippen LogP contribution in [0.2, 0.25) is 10.0 Å². The van der Waals surface area contributed by atoms with E-state index < -0.39 is 11.9 Å². The molecule has 0 saturated heterocycles. The molecule has 1 aromatic heterocycles. The quantitative estimate of drug-likeness (QED) is 0.332. The number of rotatable bonds is 5. The number of esters is 1. The van der Waals surface area contributed by atoms with Gasteiger partial charge in [0.2, 0.25) is 0 Å². The van der Waals surface area contributed by atoms with Crippen LogP contribution in [0.1, 0.15) is 39.8 Å². The largest absolute Gasteiger partial charge is 0.506 e. The highest BCUT2D eigenvalue weighted by atomic mass is 35.5. The third-order valence-electron chi connectivity index (χ3n) is 5.79. The number of aromatic nitrogens is 1. The van der Waals surface area contributed by atoms with E-state index in [-0.39, 0.29) is 23.0 Å². The van der Waals surface area contributed by atoms with Gasteiger partial charge in [-0.15, -0.1) is 0 Å². The van der Waals surface area contributed by atoms with E-state index in [1.54, 1.807) is 37.3 Å². The molecule has 0 fully saturated rings. The third kappa shape index (κ3) is 5.54. The zero-order chi connectivity index (χ0) is 26.9. The van der Waals surface area contributed by atoms with E-state index >= 15 is 0 Å². The average Bonchev–Trinajstić information content (AvgIpc) is 3.30. The Morgan fingerprint density at radius 1 is 1.05 bits per heavy atom. The Labute approximate surface area is 229 Å². The van der Waals surface area contributed by atoms with E-state index in [1.165, 1.54) is 0 Å². The second kappa shape index (κ2) is 11.0. The number of benzene rings is 2. The van der Waals surface area contributed by atoms with Crippen LogP contribution in [0.15, 0.2) is 69.8 Å². The molecule has 0 aliphatic carbocycles. The number of carbonyl (C=O) groups is 2. The molecule has 190 valence electrons. The van der Waals surface area contributed by atoms with Gasteiger partial charge in [0.15, 0.2) is 0 Å². The average molecular weight is 555 g/mol. The van der Waals surface area contributed by atoms with Crippen LogP contribution in [0.4, 0.5) is 0 Å². The molecule has 1 amide bonds. The summed E-state index contributed by atoms with van der Waals surface area (Å²) in [4.78, 5) is 30.1. The second-order valence-electron chi connectivity index (χ2n) is 8.40. The topological polar surface area (TPSA) is 80.9 Å². The number of aliphatic hydroxyl groups excluding tert-OH is 1. The zero-order valence-electron chi connectivity index (χ0n) is 20.6. The van der Waals surface area contributed by atoms with Gasteiger partial charge in [-0.05, 0) is 75.7 Å². The van der Waals surface area contributed by atoms with Crippen LogP contribution in [-0.4, -0.2) is 33.2 Å². The molecular formula is C28H24Cl2N2O4S. The Kier molecular flexibility index (Phi) is 7.97. The highest BCUT2D eigenvalue weighted by Crippen LogP contribution is 2.40. The van der Waals surface area contributed by atoms with Crippen LogP contribution >= 0.6 is 35.0 Å². The number of thioether (sulfide) groups is 1. The lowest BCUT2D eigenvalue weighted by molar-refractivity contribution is -0.138. The number of aliphatic hydroxyl groups is 1. The molecule has 6 nitrogen and oxygen atoms in total. The van der Waals surface area contributed by atoms with Crippen molar-refractivity contribution in [2.75, 3.05) is 6.61 Å². The first-order chi connectivity index (χ1) is 17.6. The molecule has 4 rings (SSSR count). The van der Waals surface area contributed by atoms with Crippen molar-refractivity contribution in [2.45, 2.75) is 27.7 Å². The molecule has 0 saturated carbocycles. The zero-order valence-corrected chi connectivity index (χ0v) is 23.0. The summed E-state index contributed by atoms with van der Waals surface area (Å²) in [6.07, 6.45) is 1.76. The number of ether oxygens (including phenoxy) is 1. The minimum Gasteiger partial charge on any atom is -0.506 e. The summed E-state index contributed by atoms with van der Waals surface area (Å²) in [5.74, 6) is -1.54. The van der Waals surface area contributed by atoms with E-state index in [0.29, 0.717) is 20.5 Å². The van der Waals surface area contributed by atoms with Crippen LogP contribution in [0.25, 0.3) is 11.8 Å². The molecule has 0 radical (unpaired) electrons. The van der Waals surface area contributed by atoms with E-state index in [4.69, 9.17) is 27.9 Å². The second-order valence-corrected chi connectivity index (χ2v) is 10.2. The minimum atomic E-state index is -0.743. The number of amides is 1. The van der Waals surface area contributed by atoms with E-state index in [2.05, 4.69) is 4.99 Å². The van der Waals surface area contributed by atoms with Gasteiger partial charge in [-0.3, -0.25) is 4.79 Å². The third-order valence-corrected chi connectivity index (χ3v) is 7.55. The number of halogens is 2. The lowest BCUT2D eigenvalue weighted by atomic mass is 10.1. The van der Waals surface area contributed by atoms with E-state index in [1.807, 2.05) is 49.6 Å². The minimum absolute atomic E-state index is 0.0889. The Hall–Kier alpha value is -3.26. The maximum atomic E-state index is 12.8. The van der Waals surface area contributed by atoms with Gasteiger partial charge >= 0.3 is 5.97 Å². The number of carbonyl (C=O) groups excluding carboxylic acids is 2. The van der Waals surface area contributed by atoms with Gasteiger partial charge < -0.3 is 14.4 Å². The van der Waals surface area contributed by atoms with Crippen LogP contribution in [0, 0.1) is 20.8 Å². The predicted molar refractivity (Wildman–Crippen MR) is 150 cm³/mol. The highest BCUT2D eigenvalue weighted by Gasteiger charge is 2.34. The lowest BCUT2D eigenvalue weighted by Crippen LogP contribution is -2.14. The van der Waals surface area contributed by atoms with Gasteiger partial charge in [0, 0.05) is 22.6 Å². The Bertz CT molecular complexity index is 1500. The molecule has 2 heterocycles. The van der Waals surface area contributed by atoms with Crippen LogP contribution in [0.5, 0.6) is 0 Å². The number of hydrogen-bond donors (Lipinski definition) is 1. The summed E-state index contributed by atoms with van der Waals surface area (Å²) in [6, 6.07) is 14.3. The molecule has 3 aromatic rings. The van der Waals surface area contributed by atoms with Crippen molar-refractivity contribution in [1.82, 2.24) is 4.57 Å². The number of nitrogens with zero attached hydrogens (tertiary/aromatic N) is 2. The number of aliphatic imine (C=N–C) groups is 1. The highest BCUT2D eigenvalue weighted by molar-refractivity contribution is 8.18. The Morgan fingerprint density at radius 2 is 1.76 bits per heavy atom. The molecule has 0 atom stereocenters. The molecule has 2 aromatic carbocycles. The van der Waals surface area contributed by atoms with E-state index in [0.717, 1.165) is 40.0 Å². The molecule has 0 bridgehead atoms. The summed E-state index contributed by atoms with van der Waals surface area (Å²) in [5.41, 5.74) is 4.73. The molecular weight excluding hydrogens is 531 g/mol. The standard InChI is InChI=1S/C28H24Cl2N2O4S/c1-5-36-28(35)24-25(33)23(37-27(24)31-26(34)18-8-6-15(2)7-9-18)13-19-12-16(3)32(17(19)4)20-10-11-21(29)22(30)14-20/h6-14,33H,5H2,1-4H3/b23-13-,31-27?. The van der Waals surface area contributed by atoms with Crippen molar-refractivity contribution in [3.63, 3.8) is 0 Å². The van der Waals surface area contributed by atoms with Crippen LogP contribution < -0.4 is 0 Å². The summed E-state index contributed by atoms with van der Waals surface area (Å²) in [6.45, 7) is 7.59. The molecule has 1 N–H and O–H groups in total. The summed E-state index contributed by atoms with van der Waals surface area (Å²) >= 11 is 13.4. The molecule has 1 aliphatic rings. The summed E-state index contributed by atoms with van der Waals surface area (Å²) in [7, 11) is 0. The number of aryl methyl sites for hydroxylation is 2. The SMILES string of the molecule is CCOC(=O)C1=C(O)/C(=C/c2cc(C)n(-c3ccc(Cl)c(Cl)c3)c2C)SC1=NC(=O)c1ccc(C)cc1. The maximum Gasteiger partial charge on any atom is 0.344 e. The van der Waals surface area contributed by atoms with Crippen molar-refractivity contribution < 1.29 is 19.4 Å². The molecule has 9 heteroatoms. The fourth-order valence-electron chi connectivity index (χ4n) is 3.94. The number of hydrogen-bond acceptors (Lipinski definition) is 5. The maximum absolute atomic E-state index is 12.8. The molecule has 0 unspecified atom stereocenters. The van der Waals surface area contributed by atoms with Crippen molar-refractivity contribution >= 4 is 58.0 Å². The first kappa shape index (κ1) is 26.8. The van der Waals surface area contributed by atoms with Crippen LogP contribution in [0.3, 0.4) is 0 Å². The van der Waals surface area contributed by atoms with Gasteiger partial charge in [0.1, 0.15) is 16.4 Å².